The summed E-state index contributed by atoms with van der Waals surface area (Å²) in [6, 6.07) is 7.21. The van der Waals surface area contributed by atoms with Crippen molar-refractivity contribution in [1.29, 1.82) is 0 Å². The number of aromatic nitrogens is 1. The van der Waals surface area contributed by atoms with E-state index in [0.29, 0.717) is 22.7 Å². The number of para-hydroxylation sites is 1. The molecule has 1 aromatic heterocycles. The van der Waals surface area contributed by atoms with Crippen LogP contribution in [0.3, 0.4) is 0 Å². The van der Waals surface area contributed by atoms with Gasteiger partial charge in [-0.15, -0.1) is 11.3 Å². The van der Waals surface area contributed by atoms with Crippen molar-refractivity contribution in [3.8, 4) is 5.75 Å². The predicted octanol–water partition coefficient (Wildman–Crippen LogP) is 2.60. The summed E-state index contributed by atoms with van der Waals surface area (Å²) in [7, 11) is -3.91. The number of nitrogens with one attached hydrogen (secondary N) is 1. The second-order valence-electron chi connectivity index (χ2n) is 6.32. The zero-order valence-electron chi connectivity index (χ0n) is 13.6. The number of carbonyl (C=O) groups excluding carboxylic acids is 1. The first-order valence-corrected chi connectivity index (χ1v) is 9.75. The Hall–Kier alpha value is -1.93. The maximum Gasteiger partial charge on any atom is 0.275 e. The summed E-state index contributed by atoms with van der Waals surface area (Å²) in [5.41, 5.74) is 0.145. The van der Waals surface area contributed by atoms with Crippen LogP contribution in [0.2, 0.25) is 0 Å². The third-order valence-electron chi connectivity index (χ3n) is 3.79. The van der Waals surface area contributed by atoms with Crippen LogP contribution >= 0.6 is 11.3 Å². The average Bonchev–Trinajstić information content (AvgIpc) is 2.92. The minimum atomic E-state index is -3.91. The molecule has 0 fully saturated rings. The van der Waals surface area contributed by atoms with Crippen LogP contribution < -0.4 is 9.46 Å². The Balaban J connectivity index is 1.90. The molecule has 1 aromatic carbocycles. The number of nitrogens with zero attached hydrogens (tertiary/aromatic N) is 1. The summed E-state index contributed by atoms with van der Waals surface area (Å²) in [6.45, 7) is 5.47. The number of ether oxygens (including phenoxy) is 1. The second-order valence-corrected chi connectivity index (χ2v) is 9.47. The zero-order chi connectivity index (χ0) is 17.5. The largest absolute Gasteiger partial charge is 0.488 e. The first-order valence-electron chi connectivity index (χ1n) is 7.45. The highest BCUT2D eigenvalue weighted by atomic mass is 32.2. The van der Waals surface area contributed by atoms with Crippen LogP contribution in [0.15, 0.2) is 34.7 Å². The average molecular weight is 366 g/mol. The van der Waals surface area contributed by atoms with E-state index in [9.17, 15) is 13.2 Å². The Kier molecular flexibility index (Phi) is 4.13. The van der Waals surface area contributed by atoms with E-state index in [1.807, 2.05) is 26.0 Å². The summed E-state index contributed by atoms with van der Waals surface area (Å²) >= 11 is 1.03. The molecule has 1 unspecified atom stereocenters. The first-order chi connectivity index (χ1) is 11.2. The Morgan fingerprint density at radius 2 is 2.08 bits per heavy atom. The lowest BCUT2D eigenvalue weighted by molar-refractivity contribution is -0.122. The molecule has 0 saturated carbocycles. The maximum atomic E-state index is 12.7. The van der Waals surface area contributed by atoms with Crippen molar-refractivity contribution in [3.05, 3.63) is 41.0 Å². The van der Waals surface area contributed by atoms with Gasteiger partial charge in [-0.05, 0) is 26.8 Å². The van der Waals surface area contributed by atoms with Crippen LogP contribution in [-0.4, -0.2) is 24.9 Å². The second kappa shape index (κ2) is 5.86. The van der Waals surface area contributed by atoms with E-state index in [2.05, 4.69) is 9.71 Å². The van der Waals surface area contributed by atoms with Crippen LogP contribution in [0.25, 0.3) is 0 Å². The van der Waals surface area contributed by atoms with Gasteiger partial charge in [0.25, 0.3) is 10.0 Å². The molecule has 0 spiro atoms. The van der Waals surface area contributed by atoms with Gasteiger partial charge in [-0.3, -0.25) is 4.79 Å². The smallest absolute Gasteiger partial charge is 0.275 e. The molecule has 1 N–H and O–H groups in total. The Labute approximate surface area is 144 Å². The van der Waals surface area contributed by atoms with E-state index in [1.165, 1.54) is 6.20 Å². The number of fused-ring (bicyclic) bond motifs is 1. The van der Waals surface area contributed by atoms with Gasteiger partial charge in [-0.2, -0.15) is 0 Å². The molecule has 1 amide bonds. The molecular weight excluding hydrogens is 348 g/mol. The number of amides is 1. The Bertz CT molecular complexity index is 887. The van der Waals surface area contributed by atoms with E-state index < -0.39 is 27.4 Å². The summed E-state index contributed by atoms with van der Waals surface area (Å²) in [6.07, 6.45) is 1.66. The molecule has 0 radical (unpaired) electrons. The van der Waals surface area contributed by atoms with Crippen LogP contribution in [0.1, 0.15) is 36.8 Å². The number of benzene rings is 1. The standard InChI is InChI=1S/C16H18N2O4S2/c1-10-17-9-14(23-10)24(20,21)18-15(19)12-8-16(2,3)22-13-7-5-4-6-11(12)13/h4-7,9,12H,8H2,1-3H3,(H,18,19). The topological polar surface area (TPSA) is 85.4 Å². The number of rotatable bonds is 3. The van der Waals surface area contributed by atoms with Crippen molar-refractivity contribution in [2.45, 2.75) is 42.9 Å². The number of sulfonamides is 1. The molecule has 128 valence electrons. The van der Waals surface area contributed by atoms with Crippen LogP contribution in [0.4, 0.5) is 0 Å². The van der Waals surface area contributed by atoms with E-state index >= 15 is 0 Å². The van der Waals surface area contributed by atoms with Crippen molar-refractivity contribution in [2.75, 3.05) is 0 Å². The van der Waals surface area contributed by atoms with Gasteiger partial charge in [0, 0.05) is 12.0 Å². The van der Waals surface area contributed by atoms with Gasteiger partial charge < -0.3 is 4.74 Å². The molecule has 6 nitrogen and oxygen atoms in total. The van der Waals surface area contributed by atoms with Gasteiger partial charge in [0.15, 0.2) is 4.21 Å². The molecule has 8 heteroatoms. The fraction of sp³-hybridized carbons (Fsp3) is 0.375. The Morgan fingerprint density at radius 1 is 1.38 bits per heavy atom. The van der Waals surface area contributed by atoms with Crippen molar-refractivity contribution >= 4 is 27.3 Å². The highest BCUT2D eigenvalue weighted by Gasteiger charge is 2.38. The van der Waals surface area contributed by atoms with Gasteiger partial charge in [0.1, 0.15) is 11.4 Å². The minimum Gasteiger partial charge on any atom is -0.488 e. The fourth-order valence-corrected chi connectivity index (χ4v) is 4.88. The summed E-state index contributed by atoms with van der Waals surface area (Å²) < 4.78 is 32.9. The number of hydrogen-bond donors (Lipinski definition) is 1. The summed E-state index contributed by atoms with van der Waals surface area (Å²) in [5.74, 6) is -0.529. The van der Waals surface area contributed by atoms with Crippen LogP contribution in [0.5, 0.6) is 5.75 Å². The van der Waals surface area contributed by atoms with E-state index in [4.69, 9.17) is 4.74 Å². The normalized spacial score (nSPS) is 19.2. The molecule has 0 saturated heterocycles. The molecule has 3 rings (SSSR count). The quantitative estimate of drug-likeness (QED) is 0.902. The number of thiazole rings is 1. The minimum absolute atomic E-state index is 0.0351. The van der Waals surface area contributed by atoms with E-state index in [0.717, 1.165) is 11.3 Å². The van der Waals surface area contributed by atoms with Gasteiger partial charge in [0.2, 0.25) is 5.91 Å². The van der Waals surface area contributed by atoms with Crippen LogP contribution in [-0.2, 0) is 14.8 Å². The summed E-state index contributed by atoms with van der Waals surface area (Å²) in [4.78, 5) is 16.6. The van der Waals surface area contributed by atoms with Gasteiger partial charge in [-0.25, -0.2) is 18.1 Å². The molecule has 1 atom stereocenters. The van der Waals surface area contributed by atoms with E-state index in [1.54, 1.807) is 19.1 Å². The molecule has 2 aromatic rings. The summed E-state index contributed by atoms with van der Waals surface area (Å²) in [5, 5.41) is 0.625. The van der Waals surface area contributed by atoms with E-state index in [-0.39, 0.29) is 4.21 Å². The number of carbonyl (C=O) groups is 1. The van der Waals surface area contributed by atoms with Crippen molar-refractivity contribution in [2.24, 2.45) is 0 Å². The third-order valence-corrected chi connectivity index (χ3v) is 6.51. The van der Waals surface area contributed by atoms with Crippen molar-refractivity contribution in [1.82, 2.24) is 9.71 Å². The Morgan fingerprint density at radius 3 is 2.75 bits per heavy atom. The number of hydrogen-bond acceptors (Lipinski definition) is 6. The lowest BCUT2D eigenvalue weighted by Gasteiger charge is -2.36. The lowest BCUT2D eigenvalue weighted by Crippen LogP contribution is -2.42. The molecule has 2 heterocycles. The molecule has 0 aliphatic carbocycles. The highest BCUT2D eigenvalue weighted by Crippen LogP contribution is 2.40. The lowest BCUT2D eigenvalue weighted by atomic mass is 9.84. The van der Waals surface area contributed by atoms with Crippen LogP contribution in [0, 0.1) is 6.92 Å². The SMILES string of the molecule is Cc1ncc(S(=O)(=O)NC(=O)C2CC(C)(C)Oc3ccccc32)s1. The van der Waals surface area contributed by atoms with Gasteiger partial charge in [0.05, 0.1) is 17.1 Å². The zero-order valence-corrected chi connectivity index (χ0v) is 15.2. The molecule has 0 bridgehead atoms. The monoisotopic (exact) mass is 366 g/mol. The first kappa shape index (κ1) is 16.9. The predicted molar refractivity (Wildman–Crippen MR) is 90.7 cm³/mol. The highest BCUT2D eigenvalue weighted by molar-refractivity contribution is 7.92. The molecule has 1 aliphatic rings. The van der Waals surface area contributed by atoms with Crippen molar-refractivity contribution < 1.29 is 17.9 Å². The maximum absolute atomic E-state index is 12.7. The molecular formula is C16H18N2O4S2. The molecule has 24 heavy (non-hydrogen) atoms. The molecule has 1 aliphatic heterocycles. The van der Waals surface area contributed by atoms with Crippen molar-refractivity contribution in [3.63, 3.8) is 0 Å². The number of aryl methyl sites for hydroxylation is 1. The fourth-order valence-electron chi connectivity index (χ4n) is 2.76. The van der Waals surface area contributed by atoms with Gasteiger partial charge >= 0.3 is 0 Å². The van der Waals surface area contributed by atoms with Gasteiger partial charge in [-0.1, -0.05) is 18.2 Å². The third kappa shape index (κ3) is 3.29.